The smallest absolute Gasteiger partial charge is 0.162 e. The van der Waals surface area contributed by atoms with Crippen LogP contribution in [0, 0.1) is 0 Å². The number of nitrogens with zero attached hydrogens (tertiary/aromatic N) is 1. The summed E-state index contributed by atoms with van der Waals surface area (Å²) in [6, 6.07) is 17.9. The fourth-order valence-corrected chi connectivity index (χ4v) is 3.52. The zero-order valence-corrected chi connectivity index (χ0v) is 16.3. The summed E-state index contributed by atoms with van der Waals surface area (Å²) in [5.74, 6) is 2.67. The Labute approximate surface area is 163 Å². The summed E-state index contributed by atoms with van der Waals surface area (Å²) in [6.45, 7) is 0. The molecule has 0 atom stereocenters. The first-order chi connectivity index (χ1) is 13.7. The van der Waals surface area contributed by atoms with Crippen LogP contribution in [0.15, 0.2) is 54.6 Å². The highest BCUT2D eigenvalue weighted by Gasteiger charge is 2.16. The Morgan fingerprint density at radius 3 is 1.93 bits per heavy atom. The van der Waals surface area contributed by atoms with Crippen molar-refractivity contribution in [2.45, 2.75) is 0 Å². The van der Waals surface area contributed by atoms with Gasteiger partial charge in [0.25, 0.3) is 0 Å². The molecule has 4 aromatic rings. The van der Waals surface area contributed by atoms with Gasteiger partial charge >= 0.3 is 0 Å². The SMILES string of the molecule is COc1ccc(-c2c3ccccc3nc3cc(OC)c(OC)cc23)cc1OC. The molecule has 0 aliphatic rings. The Morgan fingerprint density at radius 2 is 1.21 bits per heavy atom. The maximum atomic E-state index is 5.53. The van der Waals surface area contributed by atoms with Gasteiger partial charge in [-0.2, -0.15) is 0 Å². The molecule has 0 saturated heterocycles. The molecule has 1 heterocycles. The van der Waals surface area contributed by atoms with E-state index >= 15 is 0 Å². The minimum atomic E-state index is 0.649. The lowest BCUT2D eigenvalue weighted by atomic mass is 9.95. The van der Waals surface area contributed by atoms with Gasteiger partial charge < -0.3 is 18.9 Å². The van der Waals surface area contributed by atoms with Crippen LogP contribution >= 0.6 is 0 Å². The molecule has 0 saturated carbocycles. The molecule has 0 N–H and O–H groups in total. The zero-order chi connectivity index (χ0) is 19.7. The second kappa shape index (κ2) is 7.27. The third-order valence-corrected chi connectivity index (χ3v) is 4.86. The third kappa shape index (κ3) is 2.85. The van der Waals surface area contributed by atoms with Crippen molar-refractivity contribution in [3.63, 3.8) is 0 Å². The van der Waals surface area contributed by atoms with Crippen LogP contribution in [0.5, 0.6) is 23.0 Å². The standard InChI is InChI=1S/C23H21NO4/c1-25-19-10-9-14(11-20(19)26-2)23-15-7-5-6-8-17(15)24-18-13-22(28-4)21(27-3)12-16(18)23/h5-13H,1-4H3. The van der Waals surface area contributed by atoms with E-state index in [4.69, 9.17) is 23.9 Å². The maximum absolute atomic E-state index is 5.53. The molecule has 4 rings (SSSR count). The monoisotopic (exact) mass is 375 g/mol. The molecular formula is C23H21NO4. The van der Waals surface area contributed by atoms with Crippen LogP contribution in [-0.2, 0) is 0 Å². The van der Waals surface area contributed by atoms with E-state index in [2.05, 4.69) is 6.07 Å². The van der Waals surface area contributed by atoms with E-state index in [1.54, 1.807) is 28.4 Å². The van der Waals surface area contributed by atoms with Gasteiger partial charge in [0.2, 0.25) is 0 Å². The van der Waals surface area contributed by atoms with Gasteiger partial charge in [0.15, 0.2) is 23.0 Å². The minimum absolute atomic E-state index is 0.649. The number of ether oxygens (including phenoxy) is 4. The van der Waals surface area contributed by atoms with Gasteiger partial charge in [-0.1, -0.05) is 24.3 Å². The molecule has 142 valence electrons. The molecule has 5 nitrogen and oxygen atoms in total. The summed E-state index contributed by atoms with van der Waals surface area (Å²) < 4.78 is 21.9. The Balaban J connectivity index is 2.12. The van der Waals surface area contributed by atoms with Crippen molar-refractivity contribution in [3.8, 4) is 34.1 Å². The van der Waals surface area contributed by atoms with Gasteiger partial charge in [-0.3, -0.25) is 0 Å². The van der Waals surface area contributed by atoms with Crippen molar-refractivity contribution in [1.29, 1.82) is 0 Å². The van der Waals surface area contributed by atoms with Gasteiger partial charge in [0.05, 0.1) is 39.5 Å². The predicted molar refractivity (Wildman–Crippen MR) is 111 cm³/mol. The number of benzene rings is 3. The lowest BCUT2D eigenvalue weighted by Gasteiger charge is -2.16. The predicted octanol–water partition coefficient (Wildman–Crippen LogP) is 5.09. The van der Waals surface area contributed by atoms with Crippen LogP contribution in [0.25, 0.3) is 32.9 Å². The first kappa shape index (κ1) is 17.9. The molecule has 0 unspecified atom stereocenters. The molecular weight excluding hydrogens is 354 g/mol. The summed E-state index contributed by atoms with van der Waals surface area (Å²) in [5.41, 5.74) is 3.81. The number of fused-ring (bicyclic) bond motifs is 2. The molecule has 28 heavy (non-hydrogen) atoms. The average Bonchev–Trinajstić information content (AvgIpc) is 2.75. The zero-order valence-electron chi connectivity index (χ0n) is 16.3. The number of rotatable bonds is 5. The van der Waals surface area contributed by atoms with Crippen LogP contribution < -0.4 is 18.9 Å². The molecule has 0 fully saturated rings. The van der Waals surface area contributed by atoms with Gasteiger partial charge in [0, 0.05) is 22.4 Å². The summed E-state index contributed by atoms with van der Waals surface area (Å²) in [7, 11) is 6.53. The topological polar surface area (TPSA) is 49.8 Å². The van der Waals surface area contributed by atoms with E-state index in [9.17, 15) is 0 Å². The molecule has 0 aliphatic carbocycles. The lowest BCUT2D eigenvalue weighted by Crippen LogP contribution is -1.95. The first-order valence-electron chi connectivity index (χ1n) is 8.87. The van der Waals surface area contributed by atoms with Crippen LogP contribution in [0.2, 0.25) is 0 Å². The summed E-state index contributed by atoms with van der Waals surface area (Å²) in [5, 5.41) is 2.03. The van der Waals surface area contributed by atoms with Gasteiger partial charge in [-0.05, 0) is 29.8 Å². The van der Waals surface area contributed by atoms with Gasteiger partial charge in [0.1, 0.15) is 0 Å². The maximum Gasteiger partial charge on any atom is 0.162 e. The molecule has 0 amide bonds. The highest BCUT2D eigenvalue weighted by atomic mass is 16.5. The third-order valence-electron chi connectivity index (χ3n) is 4.86. The van der Waals surface area contributed by atoms with Crippen molar-refractivity contribution < 1.29 is 18.9 Å². The second-order valence-corrected chi connectivity index (χ2v) is 6.30. The van der Waals surface area contributed by atoms with E-state index in [1.807, 2.05) is 48.5 Å². The number of para-hydroxylation sites is 1. The Kier molecular flexibility index (Phi) is 4.65. The summed E-state index contributed by atoms with van der Waals surface area (Å²) in [4.78, 5) is 4.83. The average molecular weight is 375 g/mol. The van der Waals surface area contributed by atoms with Crippen molar-refractivity contribution in [2.75, 3.05) is 28.4 Å². The largest absolute Gasteiger partial charge is 0.493 e. The molecule has 0 bridgehead atoms. The van der Waals surface area contributed by atoms with Crippen LogP contribution in [0.4, 0.5) is 0 Å². The number of hydrogen-bond donors (Lipinski definition) is 0. The van der Waals surface area contributed by atoms with Crippen LogP contribution in [0.1, 0.15) is 0 Å². The molecule has 5 heteroatoms. The number of methoxy groups -OCH3 is 4. The summed E-state index contributed by atoms with van der Waals surface area (Å²) >= 11 is 0. The fraction of sp³-hybridized carbons (Fsp3) is 0.174. The Morgan fingerprint density at radius 1 is 0.571 bits per heavy atom. The molecule has 3 aromatic carbocycles. The van der Waals surface area contributed by atoms with Gasteiger partial charge in [-0.15, -0.1) is 0 Å². The normalized spacial score (nSPS) is 10.9. The van der Waals surface area contributed by atoms with Gasteiger partial charge in [-0.25, -0.2) is 4.98 Å². The van der Waals surface area contributed by atoms with Crippen molar-refractivity contribution in [2.24, 2.45) is 0 Å². The van der Waals surface area contributed by atoms with Crippen LogP contribution in [-0.4, -0.2) is 33.4 Å². The number of pyridine rings is 1. The number of aromatic nitrogens is 1. The highest BCUT2D eigenvalue weighted by Crippen LogP contribution is 2.42. The Bertz CT molecular complexity index is 1170. The van der Waals surface area contributed by atoms with E-state index in [0.29, 0.717) is 23.0 Å². The first-order valence-corrected chi connectivity index (χ1v) is 8.87. The minimum Gasteiger partial charge on any atom is -0.493 e. The van der Waals surface area contributed by atoms with Crippen LogP contribution in [0.3, 0.4) is 0 Å². The van der Waals surface area contributed by atoms with Crippen molar-refractivity contribution >= 4 is 21.8 Å². The molecule has 0 radical (unpaired) electrons. The fourth-order valence-electron chi connectivity index (χ4n) is 3.52. The molecule has 0 aliphatic heterocycles. The summed E-state index contributed by atoms with van der Waals surface area (Å²) in [6.07, 6.45) is 0. The molecule has 1 aromatic heterocycles. The highest BCUT2D eigenvalue weighted by molar-refractivity contribution is 6.10. The second-order valence-electron chi connectivity index (χ2n) is 6.30. The van der Waals surface area contributed by atoms with E-state index < -0.39 is 0 Å². The lowest BCUT2D eigenvalue weighted by molar-refractivity contribution is 0.355. The Hall–Kier alpha value is -3.47. The van der Waals surface area contributed by atoms with E-state index in [1.165, 1.54) is 0 Å². The number of hydrogen-bond acceptors (Lipinski definition) is 5. The van der Waals surface area contributed by atoms with Crippen molar-refractivity contribution in [1.82, 2.24) is 4.98 Å². The van der Waals surface area contributed by atoms with E-state index in [-0.39, 0.29) is 0 Å². The van der Waals surface area contributed by atoms with E-state index in [0.717, 1.165) is 32.9 Å². The quantitative estimate of drug-likeness (QED) is 0.455. The van der Waals surface area contributed by atoms with Crippen molar-refractivity contribution in [3.05, 3.63) is 54.6 Å². The molecule has 0 spiro atoms.